The topological polar surface area (TPSA) is 64.8 Å². The van der Waals surface area contributed by atoms with Gasteiger partial charge in [0.2, 0.25) is 0 Å². The summed E-state index contributed by atoms with van der Waals surface area (Å²) < 4.78 is 12.8. The molecule has 140 valence electrons. The number of anilines is 1. The normalized spacial score (nSPS) is 19.7. The van der Waals surface area contributed by atoms with Gasteiger partial charge in [0, 0.05) is 34.6 Å². The molecule has 2 N–H and O–H groups in total. The van der Waals surface area contributed by atoms with Gasteiger partial charge in [0.25, 0.3) is 5.91 Å². The summed E-state index contributed by atoms with van der Waals surface area (Å²) in [6.07, 6.45) is 2.49. The van der Waals surface area contributed by atoms with Crippen molar-refractivity contribution >= 4 is 39.2 Å². The van der Waals surface area contributed by atoms with E-state index in [-0.39, 0.29) is 5.91 Å². The third-order valence-corrected chi connectivity index (χ3v) is 5.78. The van der Waals surface area contributed by atoms with Crippen LogP contribution in [-0.2, 0) is 20.1 Å². The fraction of sp³-hybridized carbons (Fsp3) is 0.286. The molecule has 1 fully saturated rings. The van der Waals surface area contributed by atoms with E-state index in [2.05, 4.69) is 15.9 Å². The maximum absolute atomic E-state index is 12.9. The summed E-state index contributed by atoms with van der Waals surface area (Å²) in [5.74, 6) is -0.856. The highest BCUT2D eigenvalue weighted by Gasteiger charge is 2.40. The largest absolute Gasteiger partial charge is 0.343 e. The number of carbonyl (C=O) groups excluding carboxylic acids is 1. The highest BCUT2D eigenvalue weighted by molar-refractivity contribution is 9.10. The van der Waals surface area contributed by atoms with E-state index in [9.17, 15) is 4.79 Å². The number of likely N-dealkylation sites (N-methyl/N-ethyl adjacent to an activating group) is 1. The Hall–Kier alpha value is -1.99. The predicted molar refractivity (Wildman–Crippen MR) is 109 cm³/mol. The molecule has 2 aromatic carbocycles. The number of carbonyl (C=O) groups is 1. The summed E-state index contributed by atoms with van der Waals surface area (Å²) in [4.78, 5) is 14.6. The van der Waals surface area contributed by atoms with E-state index < -0.39 is 5.79 Å². The Balaban J connectivity index is 1.83. The van der Waals surface area contributed by atoms with Gasteiger partial charge >= 0.3 is 0 Å². The highest BCUT2D eigenvalue weighted by Crippen LogP contribution is 2.42. The second kappa shape index (κ2) is 7.20. The molecule has 0 saturated carbocycles. The molecule has 0 bridgehead atoms. The maximum Gasteiger partial charge on any atom is 0.258 e. The molecule has 0 spiro atoms. The number of hydrogen-bond acceptors (Lipinski definition) is 4. The molecule has 0 aromatic heterocycles. The van der Waals surface area contributed by atoms with Crippen LogP contribution >= 0.6 is 15.9 Å². The number of rotatable bonds is 4. The van der Waals surface area contributed by atoms with Crippen LogP contribution in [0.4, 0.5) is 5.69 Å². The monoisotopic (exact) mass is 428 g/mol. The Labute approximate surface area is 166 Å². The fourth-order valence-corrected chi connectivity index (χ4v) is 4.07. The molecule has 0 radical (unpaired) electrons. The minimum atomic E-state index is -0.827. The zero-order valence-corrected chi connectivity index (χ0v) is 16.7. The van der Waals surface area contributed by atoms with Crippen LogP contribution < -0.4 is 10.6 Å². The molecule has 2 aromatic rings. The SMILES string of the molecule is CN1C(=O)/C(=C\c2ccccc2Br)c2cc(C3(CCN)OCCO3)ccc21. The van der Waals surface area contributed by atoms with Gasteiger partial charge in [-0.1, -0.05) is 40.2 Å². The van der Waals surface area contributed by atoms with E-state index in [1.807, 2.05) is 48.5 Å². The second-order valence-corrected chi connectivity index (χ2v) is 7.52. The highest BCUT2D eigenvalue weighted by atomic mass is 79.9. The summed E-state index contributed by atoms with van der Waals surface area (Å²) >= 11 is 3.55. The number of hydrogen-bond donors (Lipinski definition) is 1. The molecule has 6 heteroatoms. The molecule has 2 heterocycles. The van der Waals surface area contributed by atoms with Crippen molar-refractivity contribution < 1.29 is 14.3 Å². The average Bonchev–Trinajstić information content (AvgIpc) is 3.24. The second-order valence-electron chi connectivity index (χ2n) is 6.66. The van der Waals surface area contributed by atoms with Crippen molar-refractivity contribution in [2.24, 2.45) is 5.73 Å². The predicted octanol–water partition coefficient (Wildman–Crippen LogP) is 3.51. The molecule has 5 nitrogen and oxygen atoms in total. The zero-order valence-electron chi connectivity index (χ0n) is 15.1. The quantitative estimate of drug-likeness (QED) is 0.756. The van der Waals surface area contributed by atoms with Crippen LogP contribution in [0.3, 0.4) is 0 Å². The molecular weight excluding hydrogens is 408 g/mol. The Bertz CT molecular complexity index is 919. The van der Waals surface area contributed by atoms with E-state index in [1.54, 1.807) is 11.9 Å². The van der Waals surface area contributed by atoms with Crippen molar-refractivity contribution in [2.75, 3.05) is 31.7 Å². The van der Waals surface area contributed by atoms with Crippen LogP contribution in [0.15, 0.2) is 46.9 Å². The van der Waals surface area contributed by atoms with Gasteiger partial charge in [0.1, 0.15) is 0 Å². The Kier molecular flexibility index (Phi) is 4.90. The Morgan fingerprint density at radius 2 is 1.96 bits per heavy atom. The van der Waals surface area contributed by atoms with Gasteiger partial charge in [0.05, 0.1) is 18.9 Å². The van der Waals surface area contributed by atoms with Crippen molar-refractivity contribution in [2.45, 2.75) is 12.2 Å². The Morgan fingerprint density at radius 1 is 1.22 bits per heavy atom. The lowest BCUT2D eigenvalue weighted by Crippen LogP contribution is -2.30. The molecule has 0 aliphatic carbocycles. The summed E-state index contributed by atoms with van der Waals surface area (Å²) in [5, 5.41) is 0. The molecule has 4 rings (SSSR count). The lowest BCUT2D eigenvalue weighted by Gasteiger charge is -2.28. The lowest BCUT2D eigenvalue weighted by atomic mass is 9.96. The molecular formula is C21H21BrN2O3. The van der Waals surface area contributed by atoms with Gasteiger partial charge < -0.3 is 20.1 Å². The number of ether oxygens (including phenoxy) is 2. The van der Waals surface area contributed by atoms with E-state index in [1.165, 1.54) is 0 Å². The number of halogens is 1. The van der Waals surface area contributed by atoms with Crippen molar-refractivity contribution in [1.29, 1.82) is 0 Å². The van der Waals surface area contributed by atoms with Crippen molar-refractivity contribution in [1.82, 2.24) is 0 Å². The van der Waals surface area contributed by atoms with E-state index in [0.717, 1.165) is 26.9 Å². The number of amides is 1. The van der Waals surface area contributed by atoms with Gasteiger partial charge in [0.15, 0.2) is 5.79 Å². The molecule has 0 unspecified atom stereocenters. The summed E-state index contributed by atoms with van der Waals surface area (Å²) in [5.41, 5.74) is 10.1. The van der Waals surface area contributed by atoms with Crippen LogP contribution in [-0.4, -0.2) is 32.7 Å². The van der Waals surface area contributed by atoms with Gasteiger partial charge in [-0.2, -0.15) is 0 Å². The summed E-state index contributed by atoms with van der Waals surface area (Å²) in [7, 11) is 1.79. The summed E-state index contributed by atoms with van der Waals surface area (Å²) in [6, 6.07) is 13.8. The van der Waals surface area contributed by atoms with Gasteiger partial charge in [-0.15, -0.1) is 0 Å². The molecule has 1 saturated heterocycles. The molecule has 1 amide bonds. The Morgan fingerprint density at radius 3 is 2.67 bits per heavy atom. The lowest BCUT2D eigenvalue weighted by molar-refractivity contribution is -0.168. The third kappa shape index (κ3) is 3.12. The minimum absolute atomic E-state index is 0.0287. The molecule has 2 aliphatic heterocycles. The minimum Gasteiger partial charge on any atom is -0.343 e. The van der Waals surface area contributed by atoms with Gasteiger partial charge in [-0.05, 0) is 36.4 Å². The first kappa shape index (κ1) is 18.4. The van der Waals surface area contributed by atoms with Gasteiger partial charge in [-0.3, -0.25) is 4.79 Å². The van der Waals surface area contributed by atoms with E-state index in [0.29, 0.717) is 31.8 Å². The molecule has 27 heavy (non-hydrogen) atoms. The van der Waals surface area contributed by atoms with Crippen molar-refractivity contribution in [3.63, 3.8) is 0 Å². The molecule has 2 aliphatic rings. The van der Waals surface area contributed by atoms with Crippen molar-refractivity contribution in [3.05, 3.63) is 63.6 Å². The summed E-state index contributed by atoms with van der Waals surface area (Å²) in [6.45, 7) is 1.53. The number of fused-ring (bicyclic) bond motifs is 1. The van der Waals surface area contributed by atoms with Crippen molar-refractivity contribution in [3.8, 4) is 0 Å². The van der Waals surface area contributed by atoms with Gasteiger partial charge in [-0.25, -0.2) is 0 Å². The number of benzene rings is 2. The van der Waals surface area contributed by atoms with Crippen LogP contribution in [0.1, 0.15) is 23.1 Å². The number of nitrogens with two attached hydrogens (primary N) is 1. The smallest absolute Gasteiger partial charge is 0.258 e. The standard InChI is InChI=1S/C21H21BrN2O3/c1-24-19-7-6-15(21(8-9-23)26-10-11-27-21)13-16(19)17(20(24)25)12-14-4-2-3-5-18(14)22/h2-7,12-13H,8-11,23H2,1H3/b17-12-. The van der Waals surface area contributed by atoms with Crippen LogP contribution in [0, 0.1) is 0 Å². The fourth-order valence-electron chi connectivity index (χ4n) is 3.67. The van der Waals surface area contributed by atoms with E-state index >= 15 is 0 Å². The first-order valence-corrected chi connectivity index (χ1v) is 9.72. The molecule has 0 atom stereocenters. The zero-order chi connectivity index (χ0) is 19.0. The van der Waals surface area contributed by atoms with Crippen LogP contribution in [0.5, 0.6) is 0 Å². The first-order chi connectivity index (χ1) is 13.1. The third-order valence-electron chi connectivity index (χ3n) is 5.06. The van der Waals surface area contributed by atoms with Crippen LogP contribution in [0.2, 0.25) is 0 Å². The maximum atomic E-state index is 12.9. The first-order valence-electron chi connectivity index (χ1n) is 8.93. The van der Waals surface area contributed by atoms with E-state index in [4.69, 9.17) is 15.2 Å². The number of nitrogens with zero attached hydrogens (tertiary/aromatic N) is 1. The van der Waals surface area contributed by atoms with Crippen LogP contribution in [0.25, 0.3) is 11.6 Å². The average molecular weight is 429 g/mol.